The number of aliphatic hydroxyl groups is 1. The van der Waals surface area contributed by atoms with E-state index in [4.69, 9.17) is 14.6 Å². The van der Waals surface area contributed by atoms with Gasteiger partial charge in [0, 0.05) is 23.6 Å². The summed E-state index contributed by atoms with van der Waals surface area (Å²) in [5, 5.41) is 21.8. The molecule has 1 aliphatic carbocycles. The predicted molar refractivity (Wildman–Crippen MR) is 114 cm³/mol. The molecule has 1 aromatic carbocycles. The summed E-state index contributed by atoms with van der Waals surface area (Å²) < 4.78 is 39.9. The predicted octanol–water partition coefficient (Wildman–Crippen LogP) is 4.37. The van der Waals surface area contributed by atoms with Crippen molar-refractivity contribution in [2.24, 2.45) is 11.8 Å². The molecule has 172 valence electrons. The molecular formula is C23H25F2NO5S. The molecule has 0 bridgehead atoms. The highest BCUT2D eigenvalue weighted by molar-refractivity contribution is 7.09. The van der Waals surface area contributed by atoms with E-state index in [2.05, 4.69) is 4.98 Å². The van der Waals surface area contributed by atoms with Gasteiger partial charge in [0.1, 0.15) is 5.75 Å². The summed E-state index contributed by atoms with van der Waals surface area (Å²) in [5.41, 5.74) is 0.0191. The molecule has 2 aliphatic rings. The lowest BCUT2D eigenvalue weighted by Gasteiger charge is -2.21. The van der Waals surface area contributed by atoms with Crippen molar-refractivity contribution in [3.05, 3.63) is 58.6 Å². The van der Waals surface area contributed by atoms with Crippen LogP contribution in [0.15, 0.2) is 47.9 Å². The van der Waals surface area contributed by atoms with Gasteiger partial charge < -0.3 is 19.7 Å². The van der Waals surface area contributed by atoms with E-state index in [1.165, 1.54) is 22.8 Å². The maximum atomic E-state index is 14.4. The maximum Gasteiger partial charge on any atom is 0.355 e. The minimum atomic E-state index is -3.17. The number of carbonyl (C=O) groups is 1. The van der Waals surface area contributed by atoms with Crippen LogP contribution in [0.2, 0.25) is 0 Å². The molecule has 0 amide bonds. The summed E-state index contributed by atoms with van der Waals surface area (Å²) in [6.45, 7) is -0.406. The molecule has 9 heteroatoms. The number of para-hydroxylation sites is 1. The number of carboxylic acids is 1. The topological polar surface area (TPSA) is 88.9 Å². The van der Waals surface area contributed by atoms with Gasteiger partial charge in [0.25, 0.3) is 5.92 Å². The van der Waals surface area contributed by atoms with E-state index in [-0.39, 0.29) is 23.6 Å². The zero-order valence-electron chi connectivity index (χ0n) is 17.3. The van der Waals surface area contributed by atoms with E-state index in [0.717, 1.165) is 6.08 Å². The quantitative estimate of drug-likeness (QED) is 0.591. The first-order valence-corrected chi connectivity index (χ1v) is 11.4. The smallest absolute Gasteiger partial charge is 0.355 e. The average molecular weight is 466 g/mol. The summed E-state index contributed by atoms with van der Waals surface area (Å²) in [6, 6.07) is 8.44. The van der Waals surface area contributed by atoms with Gasteiger partial charge in [-0.25, -0.2) is 9.78 Å². The lowest BCUT2D eigenvalue weighted by atomic mass is 9.87. The Morgan fingerprint density at radius 3 is 2.81 bits per heavy atom. The number of aliphatic hydroxyl groups excluding tert-OH is 1. The standard InChI is InChI=1S/C23H25F2NO5S/c24-23(25,13-31-15-4-2-1-3-5-15)9-8-16-17-7-6-14(11-30-20(17)10-19(16)27)21-26-18(12-32-21)22(28)29/h1-5,8-9,12,14,16-17,19-20,27H,6-7,10-11,13H2,(H,28,29)/b9-8+/t14-,16+,17+,19+,20-/m0/s1. The van der Waals surface area contributed by atoms with Crippen LogP contribution >= 0.6 is 11.3 Å². The first-order chi connectivity index (χ1) is 15.3. The fraction of sp³-hybridized carbons (Fsp3) is 0.478. The van der Waals surface area contributed by atoms with Crippen LogP contribution in [0, 0.1) is 11.8 Å². The second-order valence-electron chi connectivity index (χ2n) is 8.29. The van der Waals surface area contributed by atoms with Crippen LogP contribution in [-0.2, 0) is 4.74 Å². The van der Waals surface area contributed by atoms with Crippen molar-refractivity contribution in [1.82, 2.24) is 4.98 Å². The fourth-order valence-corrected chi connectivity index (χ4v) is 5.34. The average Bonchev–Trinajstić information content (AvgIpc) is 3.32. The van der Waals surface area contributed by atoms with E-state index in [1.54, 1.807) is 30.3 Å². The van der Waals surface area contributed by atoms with Gasteiger partial charge in [0.15, 0.2) is 12.3 Å². The van der Waals surface area contributed by atoms with Crippen molar-refractivity contribution < 1.29 is 33.3 Å². The Hall–Kier alpha value is -2.36. The number of aromatic carboxylic acids is 1. The number of benzene rings is 1. The number of hydrogen-bond acceptors (Lipinski definition) is 6. The molecule has 0 spiro atoms. The molecule has 2 heterocycles. The molecule has 2 N–H and O–H groups in total. The number of halogens is 2. The number of carboxylic acid groups (broad SMARTS) is 1. The van der Waals surface area contributed by atoms with Gasteiger partial charge in [-0.15, -0.1) is 11.3 Å². The molecule has 2 aromatic rings. The van der Waals surface area contributed by atoms with Crippen LogP contribution < -0.4 is 4.74 Å². The largest absolute Gasteiger partial charge is 0.487 e. The highest BCUT2D eigenvalue weighted by Crippen LogP contribution is 2.43. The Kier molecular flexibility index (Phi) is 6.88. The Bertz CT molecular complexity index is 951. The first kappa shape index (κ1) is 22.8. The second kappa shape index (κ2) is 9.64. The van der Waals surface area contributed by atoms with Gasteiger partial charge in [-0.3, -0.25) is 0 Å². The third kappa shape index (κ3) is 5.33. The van der Waals surface area contributed by atoms with Crippen molar-refractivity contribution in [3.8, 4) is 5.75 Å². The van der Waals surface area contributed by atoms with Crippen molar-refractivity contribution in [2.75, 3.05) is 13.2 Å². The van der Waals surface area contributed by atoms with E-state index in [0.29, 0.717) is 36.6 Å². The zero-order valence-corrected chi connectivity index (χ0v) is 18.1. The third-order valence-electron chi connectivity index (χ3n) is 6.08. The molecule has 1 aliphatic heterocycles. The SMILES string of the molecule is O=C(O)c1csc([C@H]2CC[C@@H]3[C@@H](/C=C/C(F)(F)COc4ccccc4)[C@H](O)C[C@@H]3OC2)n1. The molecular weight excluding hydrogens is 440 g/mol. The van der Waals surface area contributed by atoms with Gasteiger partial charge in [-0.2, -0.15) is 8.78 Å². The number of aromatic nitrogens is 1. The monoisotopic (exact) mass is 465 g/mol. The Labute approximate surface area is 188 Å². The van der Waals surface area contributed by atoms with Gasteiger partial charge in [0.05, 0.1) is 23.8 Å². The van der Waals surface area contributed by atoms with Gasteiger partial charge in [0.2, 0.25) is 0 Å². The molecule has 1 saturated heterocycles. The summed E-state index contributed by atoms with van der Waals surface area (Å²) in [7, 11) is 0. The van der Waals surface area contributed by atoms with Crippen LogP contribution in [-0.4, -0.2) is 52.5 Å². The fourth-order valence-electron chi connectivity index (χ4n) is 4.43. The zero-order chi connectivity index (χ0) is 22.7. The van der Waals surface area contributed by atoms with E-state index >= 15 is 0 Å². The van der Waals surface area contributed by atoms with Crippen LogP contribution in [0.3, 0.4) is 0 Å². The Morgan fingerprint density at radius 1 is 1.31 bits per heavy atom. The third-order valence-corrected chi connectivity index (χ3v) is 7.08. The van der Waals surface area contributed by atoms with Crippen LogP contribution in [0.1, 0.15) is 40.7 Å². The summed E-state index contributed by atoms with van der Waals surface area (Å²) in [5.74, 6) is -4.43. The molecule has 1 aromatic heterocycles. The first-order valence-electron chi connectivity index (χ1n) is 10.6. The molecule has 5 atom stereocenters. The minimum Gasteiger partial charge on any atom is -0.487 e. The molecule has 6 nitrogen and oxygen atoms in total. The van der Waals surface area contributed by atoms with Gasteiger partial charge in [-0.05, 0) is 37.0 Å². The van der Waals surface area contributed by atoms with Crippen LogP contribution in [0.25, 0.3) is 0 Å². The molecule has 32 heavy (non-hydrogen) atoms. The van der Waals surface area contributed by atoms with Gasteiger partial charge >= 0.3 is 5.97 Å². The number of nitrogens with zero attached hydrogens (tertiary/aromatic N) is 1. The van der Waals surface area contributed by atoms with Crippen molar-refractivity contribution in [1.29, 1.82) is 0 Å². The van der Waals surface area contributed by atoms with E-state index < -0.39 is 30.5 Å². The number of ether oxygens (including phenoxy) is 2. The number of thiazole rings is 1. The van der Waals surface area contributed by atoms with E-state index in [1.807, 2.05) is 0 Å². The van der Waals surface area contributed by atoms with Crippen molar-refractivity contribution in [3.63, 3.8) is 0 Å². The minimum absolute atomic E-state index is 0.0191. The molecule has 0 radical (unpaired) electrons. The molecule has 0 unspecified atom stereocenters. The highest BCUT2D eigenvalue weighted by Gasteiger charge is 2.44. The Morgan fingerprint density at radius 2 is 2.09 bits per heavy atom. The van der Waals surface area contributed by atoms with Crippen LogP contribution in [0.4, 0.5) is 8.78 Å². The molecule has 2 fully saturated rings. The number of hydrogen-bond donors (Lipinski definition) is 2. The highest BCUT2D eigenvalue weighted by atomic mass is 32.1. The van der Waals surface area contributed by atoms with Crippen molar-refractivity contribution >= 4 is 17.3 Å². The van der Waals surface area contributed by atoms with Crippen molar-refractivity contribution in [2.45, 2.75) is 43.3 Å². The number of rotatable bonds is 7. The summed E-state index contributed by atoms with van der Waals surface area (Å²) in [4.78, 5) is 15.3. The van der Waals surface area contributed by atoms with Crippen LogP contribution in [0.5, 0.6) is 5.75 Å². The maximum absolute atomic E-state index is 14.4. The number of alkyl halides is 2. The summed E-state index contributed by atoms with van der Waals surface area (Å²) in [6.07, 6.45) is 3.01. The lowest BCUT2D eigenvalue weighted by molar-refractivity contribution is 0.00386. The van der Waals surface area contributed by atoms with E-state index in [9.17, 15) is 18.7 Å². The Balaban J connectivity index is 1.38. The normalized spacial score (nSPS) is 28.4. The second-order valence-corrected chi connectivity index (χ2v) is 9.18. The molecule has 1 saturated carbocycles. The number of fused-ring (bicyclic) bond motifs is 1. The lowest BCUT2D eigenvalue weighted by Crippen LogP contribution is -2.25. The van der Waals surface area contributed by atoms with Gasteiger partial charge in [-0.1, -0.05) is 24.3 Å². The summed E-state index contributed by atoms with van der Waals surface area (Å²) >= 11 is 1.29. The molecule has 4 rings (SSSR count).